The number of hydrogen-bond donors (Lipinski definition) is 2. The van der Waals surface area contributed by atoms with Crippen molar-refractivity contribution >= 4 is 214 Å². The molecule has 0 aliphatic rings. The molecule has 18 heteroatoms. The molecule has 0 saturated carbocycles. The van der Waals surface area contributed by atoms with Crippen LogP contribution in [-0.2, 0) is 9.24 Å². The zero-order chi connectivity index (χ0) is 56.4. The summed E-state index contributed by atoms with van der Waals surface area (Å²) in [7, 11) is -3.15. The maximum atomic E-state index is 12.3. The van der Waals surface area contributed by atoms with E-state index in [9.17, 15) is 8.78 Å². The van der Waals surface area contributed by atoms with Gasteiger partial charge < -0.3 is 29.3 Å². The van der Waals surface area contributed by atoms with Crippen molar-refractivity contribution in [3.05, 3.63) is 251 Å². The predicted octanol–water partition coefficient (Wildman–Crippen LogP) is 14.3. The average Bonchev–Trinajstić information content (AvgIpc) is 4.41. The van der Waals surface area contributed by atoms with Crippen molar-refractivity contribution in [2.75, 3.05) is 12.8 Å². The first-order valence-corrected chi connectivity index (χ1v) is 44.9. The van der Waals surface area contributed by atoms with Gasteiger partial charge in [0.2, 0.25) is 0 Å². The first-order chi connectivity index (χ1) is 38.7. The van der Waals surface area contributed by atoms with Gasteiger partial charge in [0, 0.05) is 77.9 Å². The number of aromatic amines is 2. The number of H-pyrrole nitrogens is 2. The standard InChI is InChI=1S/C30H19BrN2.2C12H9N.C6H3BrF2.2CH3Cl.3K.HO4P/c31-30-28(32-24-14-5-1-10-20(24)21-11-2-6-15-25(21)32)18-9-19-29(30)33-26-16-7-3-12-22(26)23-13-4-8-17-27(23)33;2*1-3-7-11-9(5-1)10-6-2-4-8-12(10)13-11;7-6-4(8)2-1-3-5(6)9;2*1-2;;;;1-4-5(2)3/h1-19H;2*1-8,13H;1-3H;2*1H3;;;;1H/q;;;;;;;;+1;/p-1. The van der Waals surface area contributed by atoms with E-state index in [0.717, 1.165) is 15.8 Å². The van der Waals surface area contributed by atoms with E-state index in [1.165, 1.54) is 181 Å². The van der Waals surface area contributed by atoms with E-state index in [0.29, 0.717) is 0 Å². The second-order valence-corrected chi connectivity index (χ2v) is 18.8. The number of fused-ring (bicyclic) bond motifs is 12. The molecule has 0 amide bonds. The summed E-state index contributed by atoms with van der Waals surface area (Å²) in [5, 5.41) is 18.8. The number of para-hydroxylation sites is 8. The molecule has 8 nitrogen and oxygen atoms in total. The number of halogens is 6. The molecule has 4 heterocycles. The zero-order valence-electron chi connectivity index (χ0n) is 44.2. The van der Waals surface area contributed by atoms with Gasteiger partial charge in [-0.2, -0.15) is 0 Å². The van der Waals surface area contributed by atoms with Crippen molar-refractivity contribution in [3.8, 4) is 11.4 Å². The molecule has 14 aromatic rings. The van der Waals surface area contributed by atoms with Crippen LogP contribution < -0.4 is 61.5 Å². The second kappa shape index (κ2) is 34.0. The largest absolute Gasteiger partial charge is 0.355 e. The van der Waals surface area contributed by atoms with Crippen LogP contribution in [0.15, 0.2) is 239 Å². The van der Waals surface area contributed by atoms with E-state index in [1.807, 2.05) is 0 Å². The third kappa shape index (κ3) is 15.8. The maximum Gasteiger partial charge on any atom is 0.0464 e. The Morgan fingerprint density at radius 1 is 0.412 bits per heavy atom. The van der Waals surface area contributed by atoms with E-state index in [2.05, 4.69) is 291 Å². The summed E-state index contributed by atoms with van der Waals surface area (Å²) in [6, 6.07) is 78.3. The van der Waals surface area contributed by atoms with Gasteiger partial charge in [-0.05, 0) is 109 Å². The number of rotatable bonds is 3. The molecule has 388 valence electrons. The first-order valence-electron chi connectivity index (χ1n) is 24.7. The smallest absolute Gasteiger partial charge is 0.0464 e. The van der Waals surface area contributed by atoms with Crippen LogP contribution in [0.5, 0.6) is 0 Å². The van der Waals surface area contributed by atoms with Crippen molar-refractivity contribution in [2.45, 2.75) is 0 Å². The van der Waals surface area contributed by atoms with Gasteiger partial charge in [-0.1, -0.05) is 158 Å². The topological polar surface area (TPSA) is 114 Å². The molecule has 0 fully saturated rings. The quantitative estimate of drug-likeness (QED) is 0.0458. The van der Waals surface area contributed by atoms with Crippen LogP contribution >= 0.6 is 63.3 Å². The van der Waals surface area contributed by atoms with Crippen molar-refractivity contribution in [3.63, 3.8) is 0 Å². The number of nitrogens with one attached hydrogen (secondary N) is 2. The molecule has 0 spiro atoms. The SMILES string of the molecule is Brc1c(-n2c3ccccc3c3ccccc32)cccc1-n1c2ccccc2c2ccccc21.CCl.CCl.Fc1cccc(F)c1Br.O=[P+]([O-])O[O-].[K+].[K][K].c1ccc2c(c1)[nH]c1ccccc12.c1ccc2c(c1)[nH]c1ccccc12. The molecule has 0 aliphatic carbocycles. The Kier molecular flexibility index (Phi) is 28.4. The van der Waals surface area contributed by atoms with Crippen LogP contribution in [0.1, 0.15) is 0 Å². The van der Waals surface area contributed by atoms with E-state index < -0.39 is 19.9 Å². The van der Waals surface area contributed by atoms with Crippen molar-refractivity contribution in [1.29, 1.82) is 0 Å². The molecule has 0 saturated heterocycles. The summed E-state index contributed by atoms with van der Waals surface area (Å²) >= 11 is 18.5. The van der Waals surface area contributed by atoms with Gasteiger partial charge in [-0.15, -0.1) is 23.2 Å². The fourth-order valence-corrected chi connectivity index (χ4v) is 10.2. The van der Waals surface area contributed by atoms with Gasteiger partial charge in [-0.3, -0.25) is 0 Å². The third-order valence-corrected chi connectivity index (χ3v) is 14.1. The fourth-order valence-electron chi connectivity index (χ4n) is 9.29. The van der Waals surface area contributed by atoms with Crippen LogP contribution in [-0.4, -0.2) is 95.0 Å². The minimum Gasteiger partial charge on any atom is -0.355 e. The Morgan fingerprint density at radius 2 is 0.637 bits per heavy atom. The monoisotopic (exact) mass is 1320 g/mol. The van der Waals surface area contributed by atoms with E-state index in [4.69, 9.17) is 14.7 Å². The Labute approximate surface area is 577 Å². The fraction of sp³-hybridized carbons (Fsp3) is 0.0323. The Hall–Kier alpha value is -2.31. The average molecular weight is 1330 g/mol. The molecular weight excluding hydrogens is 1280 g/mol. The first kappa shape index (κ1) is 66.8. The molecule has 10 aromatic carbocycles. The Morgan fingerprint density at radius 3 is 0.887 bits per heavy atom. The summed E-state index contributed by atoms with van der Waals surface area (Å²) in [6.07, 6.45) is 2.94. The van der Waals surface area contributed by atoms with Crippen LogP contribution in [0.25, 0.3) is 98.6 Å². The van der Waals surface area contributed by atoms with Crippen molar-refractivity contribution < 1.29 is 79.6 Å². The normalized spacial score (nSPS) is 10.5. The number of hydrogen-bond acceptors (Lipinski definition) is 4. The molecular formula is C62H46Br2Cl2F2K3N4O4P. The zero-order valence-corrected chi connectivity index (χ0v) is 59.1. The molecule has 80 heavy (non-hydrogen) atoms. The minimum absolute atomic E-state index is 0. The van der Waals surface area contributed by atoms with Crippen molar-refractivity contribution in [2.24, 2.45) is 0 Å². The summed E-state index contributed by atoms with van der Waals surface area (Å²) in [5.41, 5.74) is 11.9. The molecule has 14 rings (SSSR count). The van der Waals surface area contributed by atoms with E-state index in [1.54, 1.807) is 0 Å². The van der Waals surface area contributed by atoms with Crippen molar-refractivity contribution in [1.82, 2.24) is 19.1 Å². The van der Waals surface area contributed by atoms with Crippen LogP contribution in [0.3, 0.4) is 0 Å². The van der Waals surface area contributed by atoms with Gasteiger partial charge in [0.1, 0.15) is 11.6 Å². The minimum atomic E-state index is -3.15. The molecule has 2 N–H and O–H groups in total. The summed E-state index contributed by atoms with van der Waals surface area (Å²) < 4.78 is 41.6. The summed E-state index contributed by atoms with van der Waals surface area (Å²) in [5.74, 6) is -1.15. The van der Waals surface area contributed by atoms with Gasteiger partial charge >= 0.3 is 123 Å². The third-order valence-electron chi connectivity index (χ3n) is 12.4. The number of nitrogens with zero attached hydrogens (tertiary/aromatic N) is 2. The number of benzene rings is 10. The van der Waals surface area contributed by atoms with Gasteiger partial charge in [0.25, 0.3) is 0 Å². The molecule has 0 radical (unpaired) electrons. The van der Waals surface area contributed by atoms with E-state index in [-0.39, 0.29) is 55.9 Å². The van der Waals surface area contributed by atoms with Gasteiger partial charge in [0.15, 0.2) is 0 Å². The predicted molar refractivity (Wildman–Crippen MR) is 332 cm³/mol. The second-order valence-electron chi connectivity index (χ2n) is 16.6. The molecule has 1 atom stereocenters. The molecule has 4 aromatic heterocycles. The summed E-state index contributed by atoms with van der Waals surface area (Å²) in [4.78, 5) is 15.6. The number of alkyl halides is 2. The maximum absolute atomic E-state index is 12.3. The molecule has 0 aliphatic heterocycles. The van der Waals surface area contributed by atoms with Gasteiger partial charge in [-0.25, -0.2) is 13.5 Å². The Bertz CT molecular complexity index is 3850. The number of aromatic nitrogens is 4. The molecule has 0 bridgehead atoms. The molecule has 1 unspecified atom stereocenters. The van der Waals surface area contributed by atoms with E-state index >= 15 is 0 Å². The van der Waals surface area contributed by atoms with Crippen LogP contribution in [0, 0.1) is 11.6 Å². The van der Waals surface area contributed by atoms with Crippen LogP contribution in [0.2, 0.25) is 0 Å². The van der Waals surface area contributed by atoms with Crippen LogP contribution in [0.4, 0.5) is 8.78 Å². The van der Waals surface area contributed by atoms with Gasteiger partial charge in [0.05, 0.1) is 42.4 Å². The summed E-state index contributed by atoms with van der Waals surface area (Å²) in [6.45, 7) is 0. The Balaban J connectivity index is 0.000000182.